The second kappa shape index (κ2) is 9.21. The van der Waals surface area contributed by atoms with Crippen molar-refractivity contribution in [2.24, 2.45) is 0 Å². The predicted octanol–water partition coefficient (Wildman–Crippen LogP) is 3.29. The number of amides is 2. The first kappa shape index (κ1) is 21.2. The van der Waals surface area contributed by atoms with Gasteiger partial charge in [-0.2, -0.15) is 0 Å². The molecule has 0 unspecified atom stereocenters. The quantitative estimate of drug-likeness (QED) is 0.716. The topological polar surface area (TPSA) is 91.5 Å². The molecule has 0 atom stereocenters. The number of nitrogens with one attached hydrogen (secondary N) is 2. The molecule has 2 rings (SSSR count). The Hall–Kier alpha value is -3.09. The molecule has 0 saturated carbocycles. The van der Waals surface area contributed by atoms with Crippen LogP contribution in [0.2, 0.25) is 0 Å². The lowest BCUT2D eigenvalue weighted by Crippen LogP contribution is -2.23. The number of anilines is 1. The fraction of sp³-hybridized carbons (Fsp3) is 0.381. The number of methoxy groups -OCH3 is 1. The summed E-state index contributed by atoms with van der Waals surface area (Å²) in [6.07, 6.45) is 1.37. The third-order valence-electron chi connectivity index (χ3n) is 4.55. The zero-order chi connectivity index (χ0) is 20.8. The van der Waals surface area contributed by atoms with Crippen LogP contribution in [0.3, 0.4) is 0 Å². The molecule has 0 aliphatic rings. The highest BCUT2D eigenvalue weighted by Gasteiger charge is 2.24. The summed E-state index contributed by atoms with van der Waals surface area (Å²) in [4.78, 5) is 41.0. The number of aromatic nitrogens is 1. The number of aromatic amines is 1. The molecule has 0 aliphatic heterocycles. The van der Waals surface area contributed by atoms with E-state index < -0.39 is 5.97 Å². The van der Waals surface area contributed by atoms with Gasteiger partial charge < -0.3 is 19.9 Å². The minimum Gasteiger partial charge on any atom is -0.465 e. The highest BCUT2D eigenvalue weighted by atomic mass is 16.5. The van der Waals surface area contributed by atoms with Crippen molar-refractivity contribution >= 4 is 23.5 Å². The highest BCUT2D eigenvalue weighted by Crippen LogP contribution is 2.23. The second-order valence-electron chi connectivity index (χ2n) is 6.75. The van der Waals surface area contributed by atoms with Crippen LogP contribution in [0, 0.1) is 6.92 Å². The predicted molar refractivity (Wildman–Crippen MR) is 107 cm³/mol. The number of carbonyl (C=O) groups excluding carboxylic acids is 3. The van der Waals surface area contributed by atoms with E-state index in [0.717, 1.165) is 12.0 Å². The van der Waals surface area contributed by atoms with Crippen molar-refractivity contribution in [2.45, 2.75) is 40.2 Å². The first-order chi connectivity index (χ1) is 13.3. The molecule has 2 N–H and O–H groups in total. The fourth-order valence-corrected chi connectivity index (χ4v) is 3.08. The van der Waals surface area contributed by atoms with Crippen LogP contribution in [-0.2, 0) is 22.5 Å². The maximum absolute atomic E-state index is 12.9. The third kappa shape index (κ3) is 4.79. The first-order valence-electron chi connectivity index (χ1n) is 9.20. The van der Waals surface area contributed by atoms with Gasteiger partial charge in [0.05, 0.1) is 12.7 Å². The molecule has 0 spiro atoms. The van der Waals surface area contributed by atoms with Crippen LogP contribution >= 0.6 is 0 Å². The van der Waals surface area contributed by atoms with Crippen LogP contribution in [0.4, 0.5) is 5.69 Å². The number of rotatable bonds is 7. The van der Waals surface area contributed by atoms with Gasteiger partial charge in [0, 0.05) is 31.9 Å². The Morgan fingerprint density at radius 2 is 1.96 bits per heavy atom. The number of aryl methyl sites for hydroxylation is 1. The Morgan fingerprint density at radius 1 is 1.25 bits per heavy atom. The number of benzene rings is 1. The van der Waals surface area contributed by atoms with Crippen molar-refractivity contribution in [1.29, 1.82) is 0 Å². The Morgan fingerprint density at radius 3 is 2.57 bits per heavy atom. The maximum atomic E-state index is 12.9. The van der Waals surface area contributed by atoms with Crippen LogP contribution in [0.25, 0.3) is 0 Å². The van der Waals surface area contributed by atoms with E-state index in [1.165, 1.54) is 14.0 Å². The van der Waals surface area contributed by atoms with E-state index >= 15 is 0 Å². The summed E-state index contributed by atoms with van der Waals surface area (Å²) in [6.45, 7) is 5.70. The third-order valence-corrected chi connectivity index (χ3v) is 4.55. The van der Waals surface area contributed by atoms with Crippen LogP contribution in [0.1, 0.15) is 57.9 Å². The monoisotopic (exact) mass is 385 g/mol. The molecule has 7 nitrogen and oxygen atoms in total. The van der Waals surface area contributed by atoms with Gasteiger partial charge >= 0.3 is 5.97 Å². The smallest absolute Gasteiger partial charge is 0.339 e. The number of hydrogen-bond acceptors (Lipinski definition) is 4. The van der Waals surface area contributed by atoms with Crippen molar-refractivity contribution in [1.82, 2.24) is 9.88 Å². The zero-order valence-electron chi connectivity index (χ0n) is 17.0. The van der Waals surface area contributed by atoms with E-state index in [0.29, 0.717) is 41.2 Å². The average Bonchev–Trinajstić information content (AvgIpc) is 2.98. The van der Waals surface area contributed by atoms with Crippen molar-refractivity contribution < 1.29 is 19.1 Å². The van der Waals surface area contributed by atoms with Gasteiger partial charge in [0.25, 0.3) is 5.91 Å². The number of hydrogen-bond donors (Lipinski definition) is 2. The molecule has 1 aromatic carbocycles. The van der Waals surface area contributed by atoms with Gasteiger partial charge in [0.15, 0.2) is 0 Å². The number of H-pyrrole nitrogens is 1. The Balaban J connectivity index is 2.28. The Kier molecular flexibility index (Phi) is 6.98. The SMILES string of the molecule is CCCc1c(C(=O)Nc2cccc(CN(C)C(C)=O)c2)[nH]c(C)c1C(=O)OC. The minimum atomic E-state index is -0.453. The van der Waals surface area contributed by atoms with Crippen molar-refractivity contribution in [3.8, 4) is 0 Å². The molecule has 0 aliphatic carbocycles. The molecule has 0 fully saturated rings. The van der Waals surface area contributed by atoms with Crippen LogP contribution in [-0.4, -0.2) is 41.8 Å². The summed E-state index contributed by atoms with van der Waals surface area (Å²) < 4.78 is 4.86. The first-order valence-corrected chi connectivity index (χ1v) is 9.20. The summed E-state index contributed by atoms with van der Waals surface area (Å²) in [5.41, 5.74) is 3.59. The fourth-order valence-electron chi connectivity index (χ4n) is 3.08. The molecule has 0 radical (unpaired) electrons. The molecule has 150 valence electrons. The van der Waals surface area contributed by atoms with Gasteiger partial charge in [-0.05, 0) is 36.6 Å². The normalized spacial score (nSPS) is 10.5. The molecular formula is C21H27N3O4. The largest absolute Gasteiger partial charge is 0.465 e. The van der Waals surface area contributed by atoms with Gasteiger partial charge in [0.1, 0.15) is 5.69 Å². The summed E-state index contributed by atoms with van der Waals surface area (Å²) in [5, 5.41) is 2.87. The van der Waals surface area contributed by atoms with Gasteiger partial charge in [-0.1, -0.05) is 25.5 Å². The second-order valence-corrected chi connectivity index (χ2v) is 6.75. The van der Waals surface area contributed by atoms with E-state index in [-0.39, 0.29) is 11.8 Å². The molecule has 1 aromatic heterocycles. The Bertz CT molecular complexity index is 886. The Labute approximate surface area is 165 Å². The van der Waals surface area contributed by atoms with E-state index in [1.54, 1.807) is 24.9 Å². The van der Waals surface area contributed by atoms with Crippen molar-refractivity contribution in [3.05, 3.63) is 52.3 Å². The molecule has 2 amide bonds. The van der Waals surface area contributed by atoms with E-state index in [1.807, 2.05) is 25.1 Å². The van der Waals surface area contributed by atoms with Crippen molar-refractivity contribution in [3.63, 3.8) is 0 Å². The number of esters is 1. The molecule has 0 bridgehead atoms. The molecule has 0 saturated heterocycles. The molecule has 1 heterocycles. The van der Waals surface area contributed by atoms with E-state index in [2.05, 4.69) is 10.3 Å². The highest BCUT2D eigenvalue weighted by molar-refractivity contribution is 6.07. The van der Waals surface area contributed by atoms with Crippen LogP contribution < -0.4 is 5.32 Å². The molecule has 2 aromatic rings. The summed E-state index contributed by atoms with van der Waals surface area (Å²) >= 11 is 0. The average molecular weight is 385 g/mol. The van der Waals surface area contributed by atoms with Crippen LogP contribution in [0.15, 0.2) is 24.3 Å². The lowest BCUT2D eigenvalue weighted by atomic mass is 10.0. The van der Waals surface area contributed by atoms with Gasteiger partial charge in [-0.25, -0.2) is 4.79 Å². The number of nitrogens with zero attached hydrogens (tertiary/aromatic N) is 1. The lowest BCUT2D eigenvalue weighted by Gasteiger charge is -2.15. The summed E-state index contributed by atoms with van der Waals surface area (Å²) in [7, 11) is 3.05. The molecule has 28 heavy (non-hydrogen) atoms. The van der Waals surface area contributed by atoms with Gasteiger partial charge in [-0.15, -0.1) is 0 Å². The summed E-state index contributed by atoms with van der Waals surface area (Å²) in [5.74, 6) is -0.805. The van der Waals surface area contributed by atoms with Crippen molar-refractivity contribution in [2.75, 3.05) is 19.5 Å². The van der Waals surface area contributed by atoms with E-state index in [9.17, 15) is 14.4 Å². The number of ether oxygens (including phenoxy) is 1. The molecule has 7 heteroatoms. The maximum Gasteiger partial charge on any atom is 0.339 e. The summed E-state index contributed by atoms with van der Waals surface area (Å²) in [6, 6.07) is 7.33. The van der Waals surface area contributed by atoms with Gasteiger partial charge in [0.2, 0.25) is 5.91 Å². The minimum absolute atomic E-state index is 0.0316. The zero-order valence-corrected chi connectivity index (χ0v) is 17.0. The molecular weight excluding hydrogens is 358 g/mol. The standard InChI is InChI=1S/C21H27N3O4/c1-6-8-17-18(21(27)28-5)13(2)22-19(17)20(26)23-16-10-7-9-15(11-16)12-24(4)14(3)25/h7,9-11,22H,6,8,12H2,1-5H3,(H,23,26). The number of carbonyl (C=O) groups is 3. The van der Waals surface area contributed by atoms with E-state index in [4.69, 9.17) is 4.74 Å². The van der Waals surface area contributed by atoms with Gasteiger partial charge in [-0.3, -0.25) is 9.59 Å². The lowest BCUT2D eigenvalue weighted by molar-refractivity contribution is -0.128. The van der Waals surface area contributed by atoms with Crippen LogP contribution in [0.5, 0.6) is 0 Å².